The summed E-state index contributed by atoms with van der Waals surface area (Å²) in [7, 11) is 2.97. The summed E-state index contributed by atoms with van der Waals surface area (Å²) in [6.45, 7) is 1.04. The SMILES string of the molecule is COC(=O)[C@@H]1Cc2ccccc2CN1Cc1cc(=O)oc2cc(OC)ccc12. The summed E-state index contributed by atoms with van der Waals surface area (Å²) < 4.78 is 15.6. The molecular formula is C22H21NO5. The normalized spacial score (nSPS) is 16.6. The van der Waals surface area contributed by atoms with Crippen LogP contribution < -0.4 is 10.4 Å². The van der Waals surface area contributed by atoms with Crippen molar-refractivity contribution in [1.82, 2.24) is 4.90 Å². The van der Waals surface area contributed by atoms with Crippen LogP contribution in [-0.2, 0) is 29.0 Å². The van der Waals surface area contributed by atoms with E-state index in [1.165, 1.54) is 18.7 Å². The first-order chi connectivity index (χ1) is 13.6. The van der Waals surface area contributed by atoms with Crippen molar-refractivity contribution in [2.24, 2.45) is 0 Å². The molecule has 0 amide bonds. The van der Waals surface area contributed by atoms with Crippen molar-refractivity contribution in [2.45, 2.75) is 25.6 Å². The Morgan fingerprint density at radius 1 is 1.14 bits per heavy atom. The second kappa shape index (κ2) is 7.48. The summed E-state index contributed by atoms with van der Waals surface area (Å²) in [6, 6.07) is 14.6. The molecule has 6 heteroatoms. The highest BCUT2D eigenvalue weighted by atomic mass is 16.5. The van der Waals surface area contributed by atoms with Crippen LogP contribution in [0.3, 0.4) is 0 Å². The fourth-order valence-corrected chi connectivity index (χ4v) is 3.80. The van der Waals surface area contributed by atoms with Crippen LogP contribution in [0.5, 0.6) is 5.75 Å². The molecule has 0 spiro atoms. The van der Waals surface area contributed by atoms with Crippen LogP contribution in [0, 0.1) is 0 Å². The molecule has 3 aromatic rings. The number of esters is 1. The summed E-state index contributed by atoms with van der Waals surface area (Å²) >= 11 is 0. The number of hydrogen-bond acceptors (Lipinski definition) is 6. The van der Waals surface area contributed by atoms with Crippen LogP contribution >= 0.6 is 0 Å². The monoisotopic (exact) mass is 379 g/mol. The number of methoxy groups -OCH3 is 2. The molecule has 6 nitrogen and oxygen atoms in total. The zero-order valence-electron chi connectivity index (χ0n) is 15.8. The molecule has 2 heterocycles. The molecule has 1 aromatic heterocycles. The molecule has 0 fully saturated rings. The van der Waals surface area contributed by atoms with Crippen molar-refractivity contribution in [2.75, 3.05) is 14.2 Å². The largest absolute Gasteiger partial charge is 0.497 e. The maximum absolute atomic E-state index is 12.4. The Morgan fingerprint density at radius 3 is 2.68 bits per heavy atom. The number of carbonyl (C=O) groups is 1. The van der Waals surface area contributed by atoms with E-state index in [1.54, 1.807) is 13.2 Å². The first-order valence-corrected chi connectivity index (χ1v) is 9.08. The number of fused-ring (bicyclic) bond motifs is 2. The van der Waals surface area contributed by atoms with E-state index in [4.69, 9.17) is 13.9 Å². The summed E-state index contributed by atoms with van der Waals surface area (Å²) in [6.07, 6.45) is 0.579. The van der Waals surface area contributed by atoms with E-state index in [9.17, 15) is 9.59 Å². The topological polar surface area (TPSA) is 69.0 Å². The van der Waals surface area contributed by atoms with Crippen molar-refractivity contribution in [3.8, 4) is 5.75 Å². The average molecular weight is 379 g/mol. The zero-order valence-corrected chi connectivity index (χ0v) is 15.8. The molecule has 0 N–H and O–H groups in total. The molecule has 0 unspecified atom stereocenters. The van der Waals surface area contributed by atoms with Gasteiger partial charge in [-0.15, -0.1) is 0 Å². The van der Waals surface area contributed by atoms with Crippen molar-refractivity contribution < 1.29 is 18.7 Å². The van der Waals surface area contributed by atoms with Crippen LogP contribution in [-0.4, -0.2) is 31.1 Å². The lowest BCUT2D eigenvalue weighted by molar-refractivity contribution is -0.147. The van der Waals surface area contributed by atoms with Crippen molar-refractivity contribution >= 4 is 16.9 Å². The van der Waals surface area contributed by atoms with Gasteiger partial charge in [0.25, 0.3) is 0 Å². The van der Waals surface area contributed by atoms with E-state index in [2.05, 4.69) is 6.07 Å². The van der Waals surface area contributed by atoms with Gasteiger partial charge in [0, 0.05) is 30.6 Å². The van der Waals surface area contributed by atoms with E-state index < -0.39 is 11.7 Å². The van der Waals surface area contributed by atoms with E-state index >= 15 is 0 Å². The molecule has 0 radical (unpaired) electrons. The number of hydrogen-bond donors (Lipinski definition) is 0. The van der Waals surface area contributed by atoms with Crippen molar-refractivity contribution in [1.29, 1.82) is 0 Å². The van der Waals surface area contributed by atoms with Crippen LogP contribution in [0.2, 0.25) is 0 Å². The Balaban J connectivity index is 1.74. The highest BCUT2D eigenvalue weighted by Gasteiger charge is 2.32. The maximum Gasteiger partial charge on any atom is 0.336 e. The zero-order chi connectivity index (χ0) is 19.7. The van der Waals surface area contributed by atoms with E-state index in [0.717, 1.165) is 16.5 Å². The number of ether oxygens (including phenoxy) is 2. The molecule has 4 rings (SSSR count). The molecule has 0 saturated heterocycles. The number of carbonyl (C=O) groups excluding carboxylic acids is 1. The molecule has 28 heavy (non-hydrogen) atoms. The second-order valence-electron chi connectivity index (χ2n) is 6.87. The van der Waals surface area contributed by atoms with Gasteiger partial charge in [-0.05, 0) is 35.2 Å². The summed E-state index contributed by atoms with van der Waals surface area (Å²) in [5, 5.41) is 0.822. The van der Waals surface area contributed by atoms with Gasteiger partial charge in [0.2, 0.25) is 0 Å². The van der Waals surface area contributed by atoms with Gasteiger partial charge in [-0.2, -0.15) is 0 Å². The summed E-state index contributed by atoms with van der Waals surface area (Å²) in [5.41, 5.74) is 3.17. The lowest BCUT2D eigenvalue weighted by atomic mass is 9.93. The molecule has 1 atom stereocenters. The third-order valence-corrected chi connectivity index (χ3v) is 5.23. The minimum atomic E-state index is -0.428. The maximum atomic E-state index is 12.4. The number of rotatable bonds is 4. The van der Waals surface area contributed by atoms with Gasteiger partial charge in [-0.1, -0.05) is 24.3 Å². The Labute approximate surface area is 162 Å². The van der Waals surface area contributed by atoms with Crippen LogP contribution in [0.1, 0.15) is 16.7 Å². The molecule has 2 aromatic carbocycles. The molecule has 1 aliphatic heterocycles. The quantitative estimate of drug-likeness (QED) is 0.513. The van der Waals surface area contributed by atoms with Gasteiger partial charge in [-0.25, -0.2) is 4.79 Å². The predicted molar refractivity (Wildman–Crippen MR) is 104 cm³/mol. The number of nitrogens with zero attached hydrogens (tertiary/aromatic N) is 1. The Hall–Kier alpha value is -3.12. The Kier molecular flexibility index (Phi) is 4.88. The fraction of sp³-hybridized carbons (Fsp3) is 0.273. The third kappa shape index (κ3) is 3.39. The third-order valence-electron chi connectivity index (χ3n) is 5.23. The molecular weight excluding hydrogens is 358 g/mol. The van der Waals surface area contributed by atoms with E-state index in [0.29, 0.717) is 30.8 Å². The van der Waals surface area contributed by atoms with Crippen molar-refractivity contribution in [3.05, 3.63) is 75.6 Å². The van der Waals surface area contributed by atoms with Gasteiger partial charge in [-0.3, -0.25) is 9.69 Å². The Bertz CT molecular complexity index is 1090. The van der Waals surface area contributed by atoms with Gasteiger partial charge < -0.3 is 13.9 Å². The fourth-order valence-electron chi connectivity index (χ4n) is 3.80. The lowest BCUT2D eigenvalue weighted by Gasteiger charge is -2.35. The molecule has 1 aliphatic rings. The van der Waals surface area contributed by atoms with Crippen LogP contribution in [0.4, 0.5) is 0 Å². The highest BCUT2D eigenvalue weighted by molar-refractivity contribution is 5.82. The van der Waals surface area contributed by atoms with Crippen molar-refractivity contribution in [3.63, 3.8) is 0 Å². The molecule has 0 aliphatic carbocycles. The first kappa shape index (κ1) is 18.3. The second-order valence-corrected chi connectivity index (χ2v) is 6.87. The van der Waals surface area contributed by atoms with Crippen LogP contribution in [0.15, 0.2) is 57.7 Å². The first-order valence-electron chi connectivity index (χ1n) is 9.08. The van der Waals surface area contributed by atoms with E-state index in [1.807, 2.05) is 35.2 Å². The number of benzene rings is 2. The van der Waals surface area contributed by atoms with Gasteiger partial charge in [0.05, 0.1) is 14.2 Å². The Morgan fingerprint density at radius 2 is 1.93 bits per heavy atom. The van der Waals surface area contributed by atoms with E-state index in [-0.39, 0.29) is 5.97 Å². The summed E-state index contributed by atoms with van der Waals surface area (Å²) in [5.74, 6) is 0.343. The smallest absolute Gasteiger partial charge is 0.336 e. The molecule has 0 saturated carbocycles. The lowest BCUT2D eigenvalue weighted by Crippen LogP contribution is -2.45. The minimum absolute atomic E-state index is 0.275. The standard InChI is InChI=1S/C22H21NO5/c1-26-17-7-8-18-16(10-21(24)28-20(18)11-17)13-23-12-15-6-4-3-5-14(15)9-19(23)22(25)27-2/h3-8,10-11,19H,9,12-13H2,1-2H3/t19-/m0/s1. The minimum Gasteiger partial charge on any atom is -0.497 e. The van der Waals surface area contributed by atoms with Gasteiger partial charge >= 0.3 is 11.6 Å². The molecule has 0 bridgehead atoms. The van der Waals surface area contributed by atoms with Gasteiger partial charge in [0.1, 0.15) is 17.4 Å². The highest BCUT2D eigenvalue weighted by Crippen LogP contribution is 2.28. The predicted octanol–water partition coefficient (Wildman–Crippen LogP) is 2.90. The summed E-state index contributed by atoms with van der Waals surface area (Å²) in [4.78, 5) is 26.6. The average Bonchev–Trinajstić information content (AvgIpc) is 2.72. The van der Waals surface area contributed by atoms with Gasteiger partial charge in [0.15, 0.2) is 0 Å². The molecule has 144 valence electrons. The van der Waals surface area contributed by atoms with Crippen LogP contribution in [0.25, 0.3) is 11.0 Å².